The summed E-state index contributed by atoms with van der Waals surface area (Å²) in [5, 5.41) is 13.7. The number of anilines is 4. The van der Waals surface area contributed by atoms with Crippen LogP contribution in [0, 0.1) is 0 Å². The topological polar surface area (TPSA) is 191 Å². The summed E-state index contributed by atoms with van der Waals surface area (Å²) in [7, 11) is 10.6. The van der Waals surface area contributed by atoms with Crippen molar-refractivity contribution in [3.8, 4) is 0 Å². The fourth-order valence-electron chi connectivity index (χ4n) is 4.99. The second-order valence-electron chi connectivity index (χ2n) is 13.1. The van der Waals surface area contributed by atoms with Crippen LogP contribution in [-0.2, 0) is 32.9 Å². The van der Waals surface area contributed by atoms with E-state index in [4.69, 9.17) is 4.74 Å². The van der Waals surface area contributed by atoms with E-state index in [2.05, 4.69) is 31.6 Å². The first kappa shape index (κ1) is 37.0. The van der Waals surface area contributed by atoms with Crippen LogP contribution in [0.3, 0.4) is 0 Å². The normalized spacial score (nSPS) is 11.3. The highest BCUT2D eigenvalue weighted by atomic mass is 16.6. The molecule has 0 bridgehead atoms. The van der Waals surface area contributed by atoms with Crippen molar-refractivity contribution in [3.63, 3.8) is 0 Å². The predicted molar refractivity (Wildman–Crippen MR) is 189 cm³/mol. The second kappa shape index (κ2) is 15.1. The van der Waals surface area contributed by atoms with E-state index in [-0.39, 0.29) is 28.9 Å². The van der Waals surface area contributed by atoms with Crippen LogP contribution in [-0.4, -0.2) is 90.7 Å². The first-order valence-electron chi connectivity index (χ1n) is 15.8. The van der Waals surface area contributed by atoms with Gasteiger partial charge in [-0.3, -0.25) is 24.5 Å². The molecule has 0 aliphatic heterocycles. The molecule has 268 valence electrons. The Kier molecular flexibility index (Phi) is 11.2. The molecule has 0 fully saturated rings. The van der Waals surface area contributed by atoms with Gasteiger partial charge in [0.1, 0.15) is 22.7 Å². The Labute approximate surface area is 289 Å². The lowest BCUT2D eigenvalue weighted by Gasteiger charge is -2.18. The lowest BCUT2D eigenvalue weighted by Crippen LogP contribution is -2.28. The summed E-state index contributed by atoms with van der Waals surface area (Å²) < 4.78 is 11.4. The summed E-state index contributed by atoms with van der Waals surface area (Å²) >= 11 is 0. The van der Waals surface area contributed by atoms with E-state index < -0.39 is 29.4 Å². The zero-order chi connectivity index (χ0) is 36.9. The van der Waals surface area contributed by atoms with Crippen molar-refractivity contribution in [2.45, 2.75) is 32.8 Å². The van der Waals surface area contributed by atoms with Crippen LogP contribution < -0.4 is 26.6 Å². The van der Waals surface area contributed by atoms with Crippen LogP contribution in [0.5, 0.6) is 0 Å². The van der Waals surface area contributed by atoms with E-state index in [9.17, 15) is 24.0 Å². The first-order chi connectivity index (χ1) is 23.4. The minimum Gasteiger partial charge on any atom is -0.444 e. The molecular weight excluding hydrogens is 646 g/mol. The molecule has 17 nitrogen and oxygen atoms in total. The van der Waals surface area contributed by atoms with Crippen LogP contribution >= 0.6 is 0 Å². The maximum Gasteiger partial charge on any atom is 0.413 e. The fourth-order valence-corrected chi connectivity index (χ4v) is 4.99. The molecule has 0 aliphatic rings. The third-order valence-electron chi connectivity index (χ3n) is 7.26. The Morgan fingerprint density at radius 3 is 1.60 bits per heavy atom. The monoisotopic (exact) mass is 691 g/mol. The van der Waals surface area contributed by atoms with E-state index in [0.717, 1.165) is 13.0 Å². The number of aryl methyl sites for hydroxylation is 4. The molecular formula is C33H45N11O6. The number of hydrogen-bond acceptors (Lipinski definition) is 8. The van der Waals surface area contributed by atoms with E-state index in [1.807, 2.05) is 19.0 Å². The van der Waals surface area contributed by atoms with E-state index in [0.29, 0.717) is 29.3 Å². The Bertz CT molecular complexity index is 1900. The van der Waals surface area contributed by atoms with Crippen LogP contribution in [0.4, 0.5) is 27.7 Å². The minimum absolute atomic E-state index is 0.0200. The maximum atomic E-state index is 13.2. The predicted octanol–water partition coefficient (Wildman–Crippen LogP) is 3.22. The molecule has 0 saturated heterocycles. The number of imidazole rings is 1. The third kappa shape index (κ3) is 9.62. The Morgan fingerprint density at radius 1 is 0.680 bits per heavy atom. The number of amides is 5. The molecule has 0 unspecified atom stereocenters. The van der Waals surface area contributed by atoms with Gasteiger partial charge in [0.25, 0.3) is 23.6 Å². The molecule has 50 heavy (non-hydrogen) atoms. The van der Waals surface area contributed by atoms with Crippen molar-refractivity contribution in [2.24, 2.45) is 28.2 Å². The van der Waals surface area contributed by atoms with Gasteiger partial charge in [0.15, 0.2) is 5.82 Å². The summed E-state index contributed by atoms with van der Waals surface area (Å²) in [5.74, 6) is -1.55. The van der Waals surface area contributed by atoms with Gasteiger partial charge in [0.2, 0.25) is 5.82 Å². The zero-order valence-electron chi connectivity index (χ0n) is 29.8. The Morgan fingerprint density at radius 2 is 1.14 bits per heavy atom. The van der Waals surface area contributed by atoms with Gasteiger partial charge in [-0.15, -0.1) is 0 Å². The number of nitrogens with zero attached hydrogens (tertiary/aromatic N) is 6. The number of aromatic nitrogens is 5. The van der Waals surface area contributed by atoms with E-state index in [1.165, 1.54) is 22.9 Å². The number of rotatable bonds is 12. The smallest absolute Gasteiger partial charge is 0.413 e. The molecule has 5 amide bonds. The van der Waals surface area contributed by atoms with Crippen LogP contribution in [0.25, 0.3) is 0 Å². The van der Waals surface area contributed by atoms with Gasteiger partial charge < -0.3 is 49.2 Å². The van der Waals surface area contributed by atoms with Gasteiger partial charge in [0.05, 0.1) is 17.1 Å². The number of hydrogen-bond donors (Lipinski definition) is 5. The van der Waals surface area contributed by atoms with Crippen LogP contribution in [0.1, 0.15) is 69.3 Å². The maximum absolute atomic E-state index is 13.2. The average Bonchev–Trinajstić information content (AvgIpc) is 3.75. The van der Waals surface area contributed by atoms with Gasteiger partial charge >= 0.3 is 6.09 Å². The summed E-state index contributed by atoms with van der Waals surface area (Å²) in [6, 6.07) is 4.63. The zero-order valence-corrected chi connectivity index (χ0v) is 29.8. The van der Waals surface area contributed by atoms with Crippen molar-refractivity contribution in [2.75, 3.05) is 48.5 Å². The van der Waals surface area contributed by atoms with Crippen molar-refractivity contribution in [1.29, 1.82) is 0 Å². The van der Waals surface area contributed by atoms with Crippen LogP contribution in [0.15, 0.2) is 43.0 Å². The molecule has 0 aliphatic carbocycles. The first-order valence-corrected chi connectivity index (χ1v) is 15.8. The molecule has 4 aromatic rings. The molecule has 0 saturated carbocycles. The highest BCUT2D eigenvalue weighted by molar-refractivity contribution is 6.08. The quantitative estimate of drug-likeness (QED) is 0.140. The van der Waals surface area contributed by atoms with Crippen molar-refractivity contribution < 1.29 is 28.7 Å². The number of carbonyl (C=O) groups is 5. The third-order valence-corrected chi connectivity index (χ3v) is 7.26. The SMILES string of the molecule is CN(C)CCCNC(=O)c1cc(NC(=O)c2cc(NC(=O)c3cc(NC(=O)c4nc(NC(=O)OC(C)(C)C)cn4C)cn3C)cn2C)cn1C. The lowest BCUT2D eigenvalue weighted by atomic mass is 10.2. The number of carbonyl (C=O) groups excluding carboxylic acids is 5. The molecule has 4 heterocycles. The Balaban J connectivity index is 1.36. The van der Waals surface area contributed by atoms with Gasteiger partial charge in [-0.25, -0.2) is 9.78 Å². The van der Waals surface area contributed by atoms with Crippen molar-refractivity contribution >= 4 is 52.6 Å². The highest BCUT2D eigenvalue weighted by Crippen LogP contribution is 2.20. The molecule has 4 rings (SSSR count). The molecule has 4 aromatic heterocycles. The highest BCUT2D eigenvalue weighted by Gasteiger charge is 2.22. The molecule has 17 heteroatoms. The Hall–Kier alpha value is -5.84. The van der Waals surface area contributed by atoms with Crippen molar-refractivity contribution in [1.82, 2.24) is 33.5 Å². The van der Waals surface area contributed by atoms with Crippen molar-refractivity contribution in [3.05, 3.63) is 65.9 Å². The second-order valence-corrected chi connectivity index (χ2v) is 13.1. The van der Waals surface area contributed by atoms with E-state index >= 15 is 0 Å². The molecule has 0 aromatic carbocycles. The minimum atomic E-state index is -0.704. The fraction of sp³-hybridized carbons (Fsp3) is 0.394. The summed E-state index contributed by atoms with van der Waals surface area (Å²) in [6.07, 6.45) is 6.40. The summed E-state index contributed by atoms with van der Waals surface area (Å²) in [6.45, 7) is 6.58. The molecule has 5 N–H and O–H groups in total. The standard InChI is InChI=1S/C33H45N11O6/c1-33(2,3)50-32(49)39-26-19-44(9)27(38-26)31(48)37-22-15-25(43(8)18-22)30(47)36-21-14-24(42(7)17-21)29(46)35-20-13-23(41(6)16-20)28(45)34-11-10-12-40(4)5/h13-19H,10-12H2,1-9H3,(H,34,45)(H,35,46)(H,36,47)(H,37,48)(H,39,49). The summed E-state index contributed by atoms with van der Waals surface area (Å²) in [5.41, 5.74) is 1.37. The van der Waals surface area contributed by atoms with Gasteiger partial charge in [-0.05, 0) is 66.0 Å². The van der Waals surface area contributed by atoms with Gasteiger partial charge in [-0.2, -0.15) is 0 Å². The molecule has 0 atom stereocenters. The van der Waals surface area contributed by atoms with Gasteiger partial charge in [0, 0.05) is 59.5 Å². The number of ether oxygens (including phenoxy) is 1. The van der Waals surface area contributed by atoms with Crippen LogP contribution in [0.2, 0.25) is 0 Å². The average molecular weight is 692 g/mol. The lowest BCUT2D eigenvalue weighted by molar-refractivity contribution is 0.0634. The number of nitrogens with one attached hydrogen (secondary N) is 5. The van der Waals surface area contributed by atoms with E-state index in [1.54, 1.807) is 87.3 Å². The molecule has 0 spiro atoms. The summed E-state index contributed by atoms with van der Waals surface area (Å²) in [4.78, 5) is 70.3. The largest absolute Gasteiger partial charge is 0.444 e. The van der Waals surface area contributed by atoms with Gasteiger partial charge in [-0.1, -0.05) is 0 Å². The molecule has 0 radical (unpaired) electrons.